The van der Waals surface area contributed by atoms with Crippen molar-refractivity contribution < 1.29 is 0 Å². The summed E-state index contributed by atoms with van der Waals surface area (Å²) in [5.74, 6) is 0. The van der Waals surface area contributed by atoms with Gasteiger partial charge in [0.25, 0.3) is 0 Å². The van der Waals surface area contributed by atoms with Gasteiger partial charge in [0, 0.05) is 43.7 Å². The third kappa shape index (κ3) is 3.66. The van der Waals surface area contributed by atoms with Crippen LogP contribution in [0.15, 0.2) is 54.6 Å². The Morgan fingerprint density at radius 3 is 2.19 bits per heavy atom. The second-order valence-electron chi connectivity index (χ2n) is 5.51. The van der Waals surface area contributed by atoms with Crippen LogP contribution in [0.25, 0.3) is 0 Å². The minimum Gasteiger partial charge on any atom is -0.369 e. The number of hydrogen-bond donors (Lipinski definition) is 0. The molecular weight excluding hydrogens is 324 g/mol. The Bertz CT molecular complexity index is 562. The van der Waals surface area contributed by atoms with Crippen LogP contribution in [0.3, 0.4) is 0 Å². The second-order valence-corrected chi connectivity index (χ2v) is 6.07. The lowest BCUT2D eigenvalue weighted by atomic mass is 10.1. The van der Waals surface area contributed by atoms with Crippen molar-refractivity contribution in [3.05, 3.63) is 65.7 Å². The normalized spacial score (nSPS) is 16.1. The fourth-order valence-electron chi connectivity index (χ4n) is 2.92. The van der Waals surface area contributed by atoms with Crippen molar-refractivity contribution in [2.24, 2.45) is 0 Å². The minimum atomic E-state index is 0.924. The number of halogens is 1. The summed E-state index contributed by atoms with van der Waals surface area (Å²) in [7, 11) is 0. The number of alkyl halides is 1. The second kappa shape index (κ2) is 7.10. The van der Waals surface area contributed by atoms with Gasteiger partial charge in [0.2, 0.25) is 0 Å². The van der Waals surface area contributed by atoms with Crippen LogP contribution in [0.4, 0.5) is 5.69 Å². The van der Waals surface area contributed by atoms with E-state index in [0.29, 0.717) is 0 Å². The van der Waals surface area contributed by atoms with Crippen LogP contribution in [0.1, 0.15) is 11.1 Å². The van der Waals surface area contributed by atoms with Crippen LogP contribution in [-0.4, -0.2) is 31.1 Å². The standard InChI is InChI=1S/C18H21BrN2/c19-14-17-8-4-5-9-18(17)21-12-10-20(11-13-21)15-16-6-2-1-3-7-16/h1-9H,10-15H2. The highest BCUT2D eigenvalue weighted by Crippen LogP contribution is 2.24. The molecule has 0 unspecified atom stereocenters. The van der Waals surface area contributed by atoms with E-state index >= 15 is 0 Å². The molecule has 3 rings (SSSR count). The molecule has 21 heavy (non-hydrogen) atoms. The summed E-state index contributed by atoms with van der Waals surface area (Å²) in [6, 6.07) is 19.5. The molecule has 2 nitrogen and oxygen atoms in total. The van der Waals surface area contributed by atoms with E-state index in [-0.39, 0.29) is 0 Å². The molecule has 0 N–H and O–H groups in total. The van der Waals surface area contributed by atoms with Crippen molar-refractivity contribution in [1.82, 2.24) is 4.90 Å². The molecule has 0 aliphatic carbocycles. The monoisotopic (exact) mass is 344 g/mol. The third-order valence-corrected chi connectivity index (χ3v) is 4.70. The fraction of sp³-hybridized carbons (Fsp3) is 0.333. The van der Waals surface area contributed by atoms with Crippen molar-refractivity contribution in [2.75, 3.05) is 31.1 Å². The Morgan fingerprint density at radius 1 is 0.810 bits per heavy atom. The van der Waals surface area contributed by atoms with Gasteiger partial charge in [-0.05, 0) is 17.2 Å². The van der Waals surface area contributed by atoms with Crippen molar-refractivity contribution >= 4 is 21.6 Å². The number of nitrogens with zero attached hydrogens (tertiary/aromatic N) is 2. The molecule has 2 aromatic rings. The van der Waals surface area contributed by atoms with Crippen LogP contribution >= 0.6 is 15.9 Å². The van der Waals surface area contributed by atoms with Crippen molar-refractivity contribution in [3.8, 4) is 0 Å². The van der Waals surface area contributed by atoms with E-state index in [1.807, 2.05) is 0 Å². The van der Waals surface area contributed by atoms with Gasteiger partial charge >= 0.3 is 0 Å². The number of benzene rings is 2. The zero-order chi connectivity index (χ0) is 14.5. The van der Waals surface area contributed by atoms with Gasteiger partial charge in [-0.3, -0.25) is 4.90 Å². The fourth-order valence-corrected chi connectivity index (χ4v) is 3.40. The SMILES string of the molecule is BrCc1ccccc1N1CCN(Cc2ccccc2)CC1. The van der Waals surface area contributed by atoms with E-state index in [9.17, 15) is 0 Å². The van der Waals surface area contributed by atoms with E-state index in [1.54, 1.807) is 0 Å². The van der Waals surface area contributed by atoms with Gasteiger partial charge < -0.3 is 4.90 Å². The Balaban J connectivity index is 1.60. The average molecular weight is 345 g/mol. The molecule has 0 aromatic heterocycles. The van der Waals surface area contributed by atoms with Crippen LogP contribution in [0.2, 0.25) is 0 Å². The average Bonchev–Trinajstić information content (AvgIpc) is 2.56. The van der Waals surface area contributed by atoms with Gasteiger partial charge in [-0.1, -0.05) is 64.5 Å². The Morgan fingerprint density at radius 2 is 1.48 bits per heavy atom. The van der Waals surface area contributed by atoms with Gasteiger partial charge in [0.15, 0.2) is 0 Å². The molecule has 0 bridgehead atoms. The van der Waals surface area contributed by atoms with E-state index in [1.165, 1.54) is 16.8 Å². The highest BCUT2D eigenvalue weighted by atomic mass is 79.9. The number of rotatable bonds is 4. The summed E-state index contributed by atoms with van der Waals surface area (Å²) >= 11 is 3.59. The zero-order valence-electron chi connectivity index (χ0n) is 12.2. The minimum absolute atomic E-state index is 0.924. The number of para-hydroxylation sites is 1. The smallest absolute Gasteiger partial charge is 0.0408 e. The Labute approximate surface area is 135 Å². The third-order valence-electron chi connectivity index (χ3n) is 4.10. The highest BCUT2D eigenvalue weighted by molar-refractivity contribution is 9.08. The number of anilines is 1. The summed E-state index contributed by atoms with van der Waals surface area (Å²) in [4.78, 5) is 5.06. The lowest BCUT2D eigenvalue weighted by Crippen LogP contribution is -2.46. The molecule has 1 aliphatic rings. The van der Waals surface area contributed by atoms with Gasteiger partial charge in [0.1, 0.15) is 0 Å². The van der Waals surface area contributed by atoms with E-state index < -0.39 is 0 Å². The molecule has 1 aliphatic heterocycles. The Kier molecular flexibility index (Phi) is 4.94. The molecule has 2 aromatic carbocycles. The largest absolute Gasteiger partial charge is 0.369 e. The summed E-state index contributed by atoms with van der Waals surface area (Å²) in [6.07, 6.45) is 0. The van der Waals surface area contributed by atoms with Crippen LogP contribution in [0.5, 0.6) is 0 Å². The van der Waals surface area contributed by atoms with Crippen molar-refractivity contribution in [2.45, 2.75) is 11.9 Å². The Hall–Kier alpha value is -1.32. The first-order valence-electron chi connectivity index (χ1n) is 7.52. The first-order valence-corrected chi connectivity index (χ1v) is 8.64. The summed E-state index contributed by atoms with van der Waals surface area (Å²) < 4.78 is 0. The lowest BCUT2D eigenvalue weighted by Gasteiger charge is -2.37. The predicted molar refractivity (Wildman–Crippen MR) is 93.0 cm³/mol. The molecule has 0 amide bonds. The van der Waals surface area contributed by atoms with Crippen LogP contribution < -0.4 is 4.90 Å². The van der Waals surface area contributed by atoms with E-state index in [4.69, 9.17) is 0 Å². The predicted octanol–water partition coefficient (Wildman–Crippen LogP) is 3.90. The van der Waals surface area contributed by atoms with Gasteiger partial charge in [-0.25, -0.2) is 0 Å². The van der Waals surface area contributed by atoms with Crippen LogP contribution in [-0.2, 0) is 11.9 Å². The van der Waals surface area contributed by atoms with Crippen molar-refractivity contribution in [1.29, 1.82) is 0 Å². The quantitative estimate of drug-likeness (QED) is 0.776. The molecule has 1 heterocycles. The molecule has 0 saturated carbocycles. The van der Waals surface area contributed by atoms with E-state index in [2.05, 4.69) is 80.3 Å². The molecular formula is C18H21BrN2. The first kappa shape index (κ1) is 14.6. The number of piperazine rings is 1. The van der Waals surface area contributed by atoms with Gasteiger partial charge in [0.05, 0.1) is 0 Å². The summed E-state index contributed by atoms with van der Waals surface area (Å²) in [5, 5.41) is 0.924. The van der Waals surface area contributed by atoms with Crippen LogP contribution in [0, 0.1) is 0 Å². The van der Waals surface area contributed by atoms with E-state index in [0.717, 1.165) is 38.1 Å². The molecule has 1 fully saturated rings. The summed E-state index contributed by atoms with van der Waals surface area (Å²) in [5.41, 5.74) is 4.18. The van der Waals surface area contributed by atoms with Gasteiger partial charge in [-0.2, -0.15) is 0 Å². The molecule has 3 heteroatoms. The number of hydrogen-bond acceptors (Lipinski definition) is 2. The maximum absolute atomic E-state index is 3.59. The zero-order valence-corrected chi connectivity index (χ0v) is 13.8. The maximum atomic E-state index is 3.59. The topological polar surface area (TPSA) is 6.48 Å². The first-order chi connectivity index (χ1) is 10.4. The molecule has 0 radical (unpaired) electrons. The molecule has 110 valence electrons. The lowest BCUT2D eigenvalue weighted by molar-refractivity contribution is 0.250. The van der Waals surface area contributed by atoms with Crippen molar-refractivity contribution in [3.63, 3.8) is 0 Å². The summed E-state index contributed by atoms with van der Waals surface area (Å²) in [6.45, 7) is 5.54. The molecule has 0 atom stereocenters. The maximum Gasteiger partial charge on any atom is 0.0408 e. The van der Waals surface area contributed by atoms with Gasteiger partial charge in [-0.15, -0.1) is 0 Å². The molecule has 1 saturated heterocycles. The highest BCUT2D eigenvalue weighted by Gasteiger charge is 2.18. The molecule has 0 spiro atoms.